The minimum absolute atomic E-state index is 0.237. The van der Waals surface area contributed by atoms with Gasteiger partial charge in [0.25, 0.3) is 5.92 Å². The quantitative estimate of drug-likeness (QED) is 0.626. The van der Waals surface area contributed by atoms with Crippen LogP contribution >= 0.6 is 0 Å². The summed E-state index contributed by atoms with van der Waals surface area (Å²) < 4.78 is 65.1. The largest absolute Gasteiger partial charge is 0.496 e. The molecule has 13 heteroatoms. The summed E-state index contributed by atoms with van der Waals surface area (Å²) in [7, 11) is 1.63. The van der Waals surface area contributed by atoms with Crippen molar-refractivity contribution < 1.29 is 41.4 Å². The average Bonchev–Trinajstić information content (AvgIpc) is 3.20. The number of rotatable bonds is 5. The SMILES string of the molecule is COc1ccccc1CN1Cc2cncn2C(C(=O)NC2CC(F)(F)C2)C1.O=C(O)C(F)(F)F. The first-order valence-corrected chi connectivity index (χ1v) is 10.2. The highest BCUT2D eigenvalue weighted by Crippen LogP contribution is 2.37. The van der Waals surface area contributed by atoms with Gasteiger partial charge < -0.3 is 19.7 Å². The van der Waals surface area contributed by atoms with E-state index in [0.29, 0.717) is 19.6 Å². The summed E-state index contributed by atoms with van der Waals surface area (Å²) in [5, 5.41) is 9.89. The highest BCUT2D eigenvalue weighted by Gasteiger charge is 2.46. The number of methoxy groups -OCH3 is 1. The van der Waals surface area contributed by atoms with Crippen LogP contribution in [-0.4, -0.2) is 63.2 Å². The third-order valence-electron chi connectivity index (χ3n) is 5.47. The lowest BCUT2D eigenvalue weighted by atomic mass is 9.88. The number of aromatic nitrogens is 2. The second-order valence-electron chi connectivity index (χ2n) is 8.06. The lowest BCUT2D eigenvalue weighted by Gasteiger charge is -2.38. The van der Waals surface area contributed by atoms with Gasteiger partial charge >= 0.3 is 12.1 Å². The number of para-hydroxylation sites is 1. The number of aliphatic carboxylic acids is 1. The van der Waals surface area contributed by atoms with Gasteiger partial charge in [0.05, 0.1) is 19.1 Å². The van der Waals surface area contributed by atoms with E-state index in [-0.39, 0.29) is 18.7 Å². The maximum absolute atomic E-state index is 13.1. The van der Waals surface area contributed by atoms with Crippen LogP contribution in [0.5, 0.6) is 5.75 Å². The van der Waals surface area contributed by atoms with E-state index in [4.69, 9.17) is 14.6 Å². The van der Waals surface area contributed by atoms with Gasteiger partial charge in [0.2, 0.25) is 5.91 Å². The summed E-state index contributed by atoms with van der Waals surface area (Å²) in [4.78, 5) is 27.9. The van der Waals surface area contributed by atoms with Crippen LogP contribution in [0.4, 0.5) is 22.0 Å². The molecule has 4 rings (SSSR count). The predicted octanol–water partition coefficient (Wildman–Crippen LogP) is 3.00. The zero-order valence-corrected chi connectivity index (χ0v) is 18.1. The minimum Gasteiger partial charge on any atom is -0.496 e. The van der Waals surface area contributed by atoms with Crippen molar-refractivity contribution in [1.29, 1.82) is 0 Å². The van der Waals surface area contributed by atoms with Crippen LogP contribution in [0.1, 0.15) is 30.1 Å². The van der Waals surface area contributed by atoms with E-state index in [1.807, 2.05) is 28.8 Å². The van der Waals surface area contributed by atoms with Crippen LogP contribution in [0.25, 0.3) is 0 Å². The van der Waals surface area contributed by atoms with E-state index in [9.17, 15) is 26.7 Å². The van der Waals surface area contributed by atoms with Crippen molar-refractivity contribution in [2.75, 3.05) is 13.7 Å². The first-order chi connectivity index (χ1) is 15.9. The van der Waals surface area contributed by atoms with Gasteiger partial charge in [-0.05, 0) is 6.07 Å². The highest BCUT2D eigenvalue weighted by atomic mass is 19.4. The maximum atomic E-state index is 13.1. The lowest BCUT2D eigenvalue weighted by Crippen LogP contribution is -2.53. The number of benzene rings is 1. The first kappa shape index (κ1) is 25.4. The molecule has 8 nitrogen and oxygen atoms in total. The number of hydrogen-bond donors (Lipinski definition) is 2. The molecule has 1 amide bonds. The third-order valence-corrected chi connectivity index (χ3v) is 5.47. The van der Waals surface area contributed by atoms with Crippen LogP contribution < -0.4 is 10.1 Å². The van der Waals surface area contributed by atoms with Gasteiger partial charge in [-0.15, -0.1) is 0 Å². The summed E-state index contributed by atoms with van der Waals surface area (Å²) in [6, 6.07) is 6.83. The molecule has 1 atom stereocenters. The predicted molar refractivity (Wildman–Crippen MR) is 108 cm³/mol. The summed E-state index contributed by atoms with van der Waals surface area (Å²) in [6.45, 7) is 1.76. The normalized spacial score (nSPS) is 19.8. The van der Waals surface area contributed by atoms with Gasteiger partial charge in [0.1, 0.15) is 11.8 Å². The fourth-order valence-electron chi connectivity index (χ4n) is 3.83. The van der Waals surface area contributed by atoms with Gasteiger partial charge in [0, 0.05) is 50.3 Å². The van der Waals surface area contributed by atoms with Gasteiger partial charge in [0.15, 0.2) is 0 Å². The number of hydrogen-bond acceptors (Lipinski definition) is 5. The number of carbonyl (C=O) groups excluding carboxylic acids is 1. The van der Waals surface area contributed by atoms with E-state index in [1.54, 1.807) is 19.6 Å². The number of imidazole rings is 1. The summed E-state index contributed by atoms with van der Waals surface area (Å²) in [5.41, 5.74) is 1.96. The molecule has 0 bridgehead atoms. The van der Waals surface area contributed by atoms with Crippen LogP contribution in [0.3, 0.4) is 0 Å². The first-order valence-electron chi connectivity index (χ1n) is 10.2. The Morgan fingerprint density at radius 2 is 1.91 bits per heavy atom. The third kappa shape index (κ3) is 6.22. The van der Waals surface area contributed by atoms with E-state index in [1.165, 1.54) is 0 Å². The van der Waals surface area contributed by atoms with Crippen molar-refractivity contribution >= 4 is 11.9 Å². The van der Waals surface area contributed by atoms with Crippen molar-refractivity contribution in [2.45, 2.75) is 50.1 Å². The Morgan fingerprint density at radius 3 is 2.50 bits per heavy atom. The number of carboxylic acids is 1. The summed E-state index contributed by atoms with van der Waals surface area (Å²) >= 11 is 0. The molecule has 2 heterocycles. The number of ether oxygens (including phenoxy) is 1. The lowest BCUT2D eigenvalue weighted by molar-refractivity contribution is -0.192. The molecule has 1 unspecified atom stereocenters. The van der Waals surface area contributed by atoms with E-state index < -0.39 is 30.2 Å². The number of carboxylic acid groups (broad SMARTS) is 1. The second-order valence-corrected chi connectivity index (χ2v) is 8.06. The Balaban J connectivity index is 0.000000406. The highest BCUT2D eigenvalue weighted by molar-refractivity contribution is 5.81. The summed E-state index contributed by atoms with van der Waals surface area (Å²) in [6.07, 6.45) is -2.28. The molecule has 1 aromatic carbocycles. The smallest absolute Gasteiger partial charge is 0.490 e. The molecule has 1 aliphatic carbocycles. The Labute approximate surface area is 191 Å². The fraction of sp³-hybridized carbons (Fsp3) is 0.476. The van der Waals surface area contributed by atoms with Crippen molar-refractivity contribution in [3.8, 4) is 5.75 Å². The van der Waals surface area contributed by atoms with Crippen LogP contribution in [0.2, 0.25) is 0 Å². The van der Waals surface area contributed by atoms with Crippen LogP contribution in [-0.2, 0) is 22.7 Å². The molecule has 0 radical (unpaired) electrons. The van der Waals surface area contributed by atoms with Gasteiger partial charge in [-0.2, -0.15) is 13.2 Å². The van der Waals surface area contributed by atoms with Crippen molar-refractivity contribution in [2.24, 2.45) is 0 Å². The second kappa shape index (κ2) is 9.95. The number of nitrogens with one attached hydrogen (secondary N) is 1. The number of nitrogens with zero attached hydrogens (tertiary/aromatic N) is 3. The Morgan fingerprint density at radius 1 is 1.26 bits per heavy atom. The van der Waals surface area contributed by atoms with Gasteiger partial charge in [-0.1, -0.05) is 18.2 Å². The number of halogens is 5. The maximum Gasteiger partial charge on any atom is 0.490 e. The fourth-order valence-corrected chi connectivity index (χ4v) is 3.83. The number of fused-ring (bicyclic) bond motifs is 1. The van der Waals surface area contributed by atoms with E-state index in [2.05, 4.69) is 15.2 Å². The van der Waals surface area contributed by atoms with Crippen LogP contribution in [0.15, 0.2) is 36.8 Å². The Hall–Kier alpha value is -3.22. The molecular formula is C21H23F5N4O4. The molecule has 2 aromatic rings. The molecule has 1 aromatic heterocycles. The molecule has 1 fully saturated rings. The van der Waals surface area contributed by atoms with Gasteiger partial charge in [-0.25, -0.2) is 18.6 Å². The average molecular weight is 490 g/mol. The molecule has 2 aliphatic rings. The van der Waals surface area contributed by atoms with Gasteiger partial charge in [-0.3, -0.25) is 9.69 Å². The number of carbonyl (C=O) groups is 2. The number of alkyl halides is 5. The standard InChI is InChI=1S/C19H22F2N4O2.C2HF3O2/c1-27-17-5-3-2-4-13(17)9-24-10-15-8-22-12-25(15)16(11-24)18(26)23-14-6-19(20,21)7-14;3-2(4,5)1(6)7/h2-5,8,12,14,16H,6-7,9-11H2,1H3,(H,23,26);(H,6,7). The Bertz CT molecular complexity index is 1020. The van der Waals surface area contributed by atoms with Crippen LogP contribution in [0, 0.1) is 0 Å². The van der Waals surface area contributed by atoms with Crippen molar-refractivity contribution in [1.82, 2.24) is 19.8 Å². The van der Waals surface area contributed by atoms with E-state index in [0.717, 1.165) is 17.0 Å². The zero-order chi connectivity index (χ0) is 25.1. The number of amides is 1. The summed E-state index contributed by atoms with van der Waals surface area (Å²) in [5.74, 6) is -4.85. The topological polar surface area (TPSA) is 96.7 Å². The molecule has 1 saturated carbocycles. The zero-order valence-electron chi connectivity index (χ0n) is 18.1. The molecule has 0 spiro atoms. The molecular weight excluding hydrogens is 467 g/mol. The Kier molecular flexibility index (Phi) is 7.44. The molecule has 34 heavy (non-hydrogen) atoms. The molecule has 186 valence electrons. The molecule has 0 saturated heterocycles. The van der Waals surface area contributed by atoms with E-state index >= 15 is 0 Å². The minimum atomic E-state index is -5.08. The van der Waals surface area contributed by atoms with Crippen molar-refractivity contribution in [3.63, 3.8) is 0 Å². The molecule has 1 aliphatic heterocycles. The monoisotopic (exact) mass is 490 g/mol. The molecule has 2 N–H and O–H groups in total. The van der Waals surface area contributed by atoms with Crippen molar-refractivity contribution in [3.05, 3.63) is 48.0 Å².